The van der Waals surface area contributed by atoms with Crippen LogP contribution < -0.4 is 24.3 Å². The van der Waals surface area contributed by atoms with Gasteiger partial charge in [0.15, 0.2) is 23.0 Å². The SMILES string of the molecule is COc1cc(CNCCCSc2nnnn2C)cc(Br)c1OCC(O)c1ccc2c(c1)OCO2.Cl. The fourth-order valence-electron chi connectivity index (χ4n) is 3.33. The maximum Gasteiger partial charge on any atom is 0.231 e. The van der Waals surface area contributed by atoms with Crippen LogP contribution in [0.15, 0.2) is 40.0 Å². The molecule has 13 heteroatoms. The van der Waals surface area contributed by atoms with Gasteiger partial charge < -0.3 is 29.4 Å². The van der Waals surface area contributed by atoms with Gasteiger partial charge in [0, 0.05) is 19.3 Å². The van der Waals surface area contributed by atoms with Gasteiger partial charge >= 0.3 is 0 Å². The second kappa shape index (κ2) is 13.2. The van der Waals surface area contributed by atoms with Gasteiger partial charge in [-0.3, -0.25) is 0 Å². The number of nitrogens with one attached hydrogen (secondary N) is 1. The summed E-state index contributed by atoms with van der Waals surface area (Å²) in [5.74, 6) is 3.35. The van der Waals surface area contributed by atoms with Crippen molar-refractivity contribution in [3.05, 3.63) is 45.9 Å². The van der Waals surface area contributed by atoms with Gasteiger partial charge in [-0.25, -0.2) is 4.68 Å². The number of methoxy groups -OCH3 is 1. The second-order valence-electron chi connectivity index (χ2n) is 7.51. The molecule has 0 bridgehead atoms. The summed E-state index contributed by atoms with van der Waals surface area (Å²) in [5.41, 5.74) is 1.74. The Balaban J connectivity index is 0.00000342. The maximum absolute atomic E-state index is 10.6. The summed E-state index contributed by atoms with van der Waals surface area (Å²) in [6, 6.07) is 9.26. The fourth-order valence-corrected chi connectivity index (χ4v) is 4.72. The van der Waals surface area contributed by atoms with Gasteiger partial charge in [0.25, 0.3) is 0 Å². The molecule has 2 N–H and O–H groups in total. The van der Waals surface area contributed by atoms with E-state index >= 15 is 0 Å². The summed E-state index contributed by atoms with van der Waals surface area (Å²) >= 11 is 5.20. The molecule has 2 heterocycles. The Hall–Kier alpha value is -2.25. The third-order valence-electron chi connectivity index (χ3n) is 5.10. The molecule has 1 aliphatic heterocycles. The number of hydrogen-bond donors (Lipinski definition) is 2. The van der Waals surface area contributed by atoms with E-state index in [0.29, 0.717) is 35.1 Å². The van der Waals surface area contributed by atoms with Crippen molar-refractivity contribution in [1.82, 2.24) is 25.5 Å². The highest BCUT2D eigenvalue weighted by molar-refractivity contribution is 9.10. The average Bonchev–Trinajstić information content (AvgIpc) is 3.48. The lowest BCUT2D eigenvalue weighted by Crippen LogP contribution is -2.16. The van der Waals surface area contributed by atoms with Crippen LogP contribution in [-0.4, -0.2) is 58.1 Å². The Morgan fingerprint density at radius 1 is 1.26 bits per heavy atom. The first kappa shape index (κ1) is 27.3. The van der Waals surface area contributed by atoms with Crippen molar-refractivity contribution in [3.63, 3.8) is 0 Å². The summed E-state index contributed by atoms with van der Waals surface area (Å²) in [6.45, 7) is 1.80. The van der Waals surface area contributed by atoms with Crippen molar-refractivity contribution in [2.75, 3.05) is 32.8 Å². The van der Waals surface area contributed by atoms with Crippen LogP contribution in [0.1, 0.15) is 23.7 Å². The van der Waals surface area contributed by atoms with E-state index in [1.165, 1.54) is 0 Å². The predicted molar refractivity (Wildman–Crippen MR) is 137 cm³/mol. The van der Waals surface area contributed by atoms with E-state index in [-0.39, 0.29) is 25.8 Å². The number of ether oxygens (including phenoxy) is 4. The summed E-state index contributed by atoms with van der Waals surface area (Å²) < 4.78 is 24.6. The molecule has 0 aliphatic carbocycles. The zero-order chi connectivity index (χ0) is 23.9. The third-order valence-corrected chi connectivity index (χ3v) is 6.78. The minimum Gasteiger partial charge on any atom is -0.493 e. The molecule has 10 nitrogen and oxygen atoms in total. The van der Waals surface area contributed by atoms with Crippen LogP contribution in [0.5, 0.6) is 23.0 Å². The van der Waals surface area contributed by atoms with Crippen LogP contribution in [0, 0.1) is 0 Å². The van der Waals surface area contributed by atoms with E-state index in [9.17, 15) is 5.11 Å². The van der Waals surface area contributed by atoms with E-state index in [0.717, 1.165) is 33.9 Å². The highest BCUT2D eigenvalue weighted by Gasteiger charge is 2.19. The minimum absolute atomic E-state index is 0. The number of nitrogens with zero attached hydrogens (tertiary/aromatic N) is 4. The van der Waals surface area contributed by atoms with Gasteiger partial charge in [0.2, 0.25) is 11.9 Å². The predicted octanol–water partition coefficient (Wildman–Crippen LogP) is 3.52. The number of aliphatic hydroxyl groups excluding tert-OH is 1. The molecule has 1 atom stereocenters. The van der Waals surface area contributed by atoms with E-state index in [1.54, 1.807) is 41.8 Å². The molecule has 35 heavy (non-hydrogen) atoms. The molecule has 0 saturated heterocycles. The molecule has 2 aromatic carbocycles. The Labute approximate surface area is 222 Å². The van der Waals surface area contributed by atoms with E-state index < -0.39 is 6.10 Å². The zero-order valence-corrected chi connectivity index (χ0v) is 22.5. The molecule has 0 radical (unpaired) electrons. The highest BCUT2D eigenvalue weighted by Crippen LogP contribution is 2.38. The molecule has 190 valence electrons. The number of aliphatic hydroxyl groups is 1. The van der Waals surface area contributed by atoms with Crippen molar-refractivity contribution >= 4 is 40.1 Å². The quantitative estimate of drug-likeness (QED) is 0.241. The molecule has 1 unspecified atom stereocenters. The second-order valence-corrected chi connectivity index (χ2v) is 9.43. The van der Waals surface area contributed by atoms with Gasteiger partial charge in [-0.2, -0.15) is 0 Å². The molecule has 0 spiro atoms. The zero-order valence-electron chi connectivity index (χ0n) is 19.3. The Bertz CT molecular complexity index is 1120. The molecular weight excluding hydrogens is 562 g/mol. The van der Waals surface area contributed by atoms with Gasteiger partial charge in [0.1, 0.15) is 12.7 Å². The van der Waals surface area contributed by atoms with Crippen LogP contribution in [0.2, 0.25) is 0 Å². The Morgan fingerprint density at radius 2 is 2.09 bits per heavy atom. The topological polar surface area (TPSA) is 113 Å². The smallest absolute Gasteiger partial charge is 0.231 e. The number of rotatable bonds is 12. The molecule has 1 aromatic heterocycles. The van der Waals surface area contributed by atoms with E-state index in [1.807, 2.05) is 19.2 Å². The first-order valence-electron chi connectivity index (χ1n) is 10.7. The molecule has 0 saturated carbocycles. The summed E-state index contributed by atoms with van der Waals surface area (Å²) in [6.07, 6.45) is 0.150. The van der Waals surface area contributed by atoms with Gasteiger partial charge in [0.05, 0.1) is 11.6 Å². The first-order valence-corrected chi connectivity index (χ1v) is 12.5. The van der Waals surface area contributed by atoms with Crippen molar-refractivity contribution in [2.24, 2.45) is 7.05 Å². The number of tetrazole rings is 1. The van der Waals surface area contributed by atoms with Crippen LogP contribution in [0.25, 0.3) is 0 Å². The molecule has 1 aliphatic rings. The summed E-state index contributed by atoms with van der Waals surface area (Å²) in [7, 11) is 3.43. The number of aryl methyl sites for hydroxylation is 1. The molecule has 0 fully saturated rings. The van der Waals surface area contributed by atoms with Crippen LogP contribution in [0.3, 0.4) is 0 Å². The molecule has 4 rings (SSSR count). The summed E-state index contributed by atoms with van der Waals surface area (Å²) in [4.78, 5) is 0. The van der Waals surface area contributed by atoms with Crippen LogP contribution in [0.4, 0.5) is 0 Å². The number of hydrogen-bond acceptors (Lipinski definition) is 10. The average molecular weight is 589 g/mol. The number of thioether (sulfide) groups is 1. The number of benzene rings is 2. The molecule has 3 aromatic rings. The van der Waals surface area contributed by atoms with Crippen molar-refractivity contribution in [3.8, 4) is 23.0 Å². The van der Waals surface area contributed by atoms with Crippen molar-refractivity contribution < 1.29 is 24.1 Å². The van der Waals surface area contributed by atoms with Gasteiger partial charge in [-0.15, -0.1) is 17.5 Å². The largest absolute Gasteiger partial charge is 0.493 e. The summed E-state index contributed by atoms with van der Waals surface area (Å²) in [5, 5.41) is 26.3. The van der Waals surface area contributed by atoms with Gasteiger partial charge in [-0.05, 0) is 74.7 Å². The monoisotopic (exact) mass is 587 g/mol. The van der Waals surface area contributed by atoms with Crippen molar-refractivity contribution in [2.45, 2.75) is 24.2 Å². The number of halogens is 2. The highest BCUT2D eigenvalue weighted by atomic mass is 79.9. The van der Waals surface area contributed by atoms with Gasteiger partial charge in [-0.1, -0.05) is 17.8 Å². The molecule has 0 amide bonds. The van der Waals surface area contributed by atoms with Crippen LogP contribution in [-0.2, 0) is 13.6 Å². The lowest BCUT2D eigenvalue weighted by Gasteiger charge is -2.17. The normalized spacial score (nSPS) is 12.8. The van der Waals surface area contributed by atoms with E-state index in [2.05, 4.69) is 36.8 Å². The first-order chi connectivity index (χ1) is 16.5. The lowest BCUT2D eigenvalue weighted by atomic mass is 10.1. The van der Waals surface area contributed by atoms with Crippen LogP contribution >= 0.6 is 40.1 Å². The Morgan fingerprint density at radius 3 is 2.86 bits per heavy atom. The fraction of sp³-hybridized carbons (Fsp3) is 0.409. The van der Waals surface area contributed by atoms with E-state index in [4.69, 9.17) is 18.9 Å². The maximum atomic E-state index is 10.6. The minimum atomic E-state index is -0.831. The number of aromatic nitrogens is 4. The third kappa shape index (κ3) is 7.14. The Kier molecular flexibility index (Phi) is 10.3. The standard InChI is InChI=1S/C22H26BrN5O5S.ClH/c1-28-22(25-26-27-28)34-7-3-6-24-11-14-8-16(23)21(20(9-14)30-2)31-12-17(29)15-4-5-18-19(10-15)33-13-32-18;/h4-5,8-10,17,24,29H,3,6-7,11-13H2,1-2H3;1H. The molecular formula is C22H27BrClN5O5S. The van der Waals surface area contributed by atoms with Crippen molar-refractivity contribution in [1.29, 1.82) is 0 Å². The number of fused-ring (bicyclic) bond motifs is 1. The lowest BCUT2D eigenvalue weighted by molar-refractivity contribution is 0.105.